The summed E-state index contributed by atoms with van der Waals surface area (Å²) in [4.78, 5) is 45.2. The first-order valence-corrected chi connectivity index (χ1v) is 14.3. The molecule has 5 rings (SSSR count). The van der Waals surface area contributed by atoms with Crippen LogP contribution in [0.2, 0.25) is 0 Å². The van der Waals surface area contributed by atoms with E-state index >= 15 is 0 Å². The van der Waals surface area contributed by atoms with Crippen LogP contribution < -0.4 is 14.4 Å². The van der Waals surface area contributed by atoms with Gasteiger partial charge in [-0.15, -0.1) is 0 Å². The van der Waals surface area contributed by atoms with Crippen molar-refractivity contribution in [3.8, 4) is 11.5 Å². The van der Waals surface area contributed by atoms with E-state index in [9.17, 15) is 19.5 Å². The second kappa shape index (κ2) is 12.0. The molecule has 0 radical (unpaired) electrons. The van der Waals surface area contributed by atoms with Crippen LogP contribution in [0.15, 0.2) is 78.4 Å². The van der Waals surface area contributed by atoms with Crippen LogP contribution in [-0.4, -0.2) is 34.2 Å². The Morgan fingerprint density at radius 2 is 1.60 bits per heavy atom. The van der Waals surface area contributed by atoms with E-state index in [0.29, 0.717) is 46.4 Å². The second-order valence-electron chi connectivity index (χ2n) is 9.88. The third kappa shape index (κ3) is 5.56. The van der Waals surface area contributed by atoms with Gasteiger partial charge in [0, 0.05) is 12.5 Å². The number of benzene rings is 3. The maximum absolute atomic E-state index is 13.5. The third-order valence-corrected chi connectivity index (χ3v) is 8.30. The number of hydrogen-bond acceptors (Lipinski definition) is 8. The van der Waals surface area contributed by atoms with Gasteiger partial charge in [-0.2, -0.15) is 0 Å². The molecule has 1 amide bonds. The molecule has 1 aromatic heterocycles. The van der Waals surface area contributed by atoms with Crippen molar-refractivity contribution in [3.63, 3.8) is 0 Å². The fourth-order valence-corrected chi connectivity index (χ4v) is 5.86. The van der Waals surface area contributed by atoms with Crippen LogP contribution in [0.5, 0.6) is 11.5 Å². The first-order valence-electron chi connectivity index (χ1n) is 13.5. The number of Topliss-reactive ketones (excluding diaryl/α,β-unsaturated/α-hetero) is 2. The first kappa shape index (κ1) is 28.8. The van der Waals surface area contributed by atoms with Crippen LogP contribution in [0.3, 0.4) is 0 Å². The molecule has 8 nitrogen and oxygen atoms in total. The summed E-state index contributed by atoms with van der Waals surface area (Å²) in [6.07, 6.45) is 0. The lowest BCUT2D eigenvalue weighted by atomic mass is 9.95. The maximum atomic E-state index is 13.5. The van der Waals surface area contributed by atoms with Crippen molar-refractivity contribution in [1.82, 2.24) is 4.98 Å². The Kier molecular flexibility index (Phi) is 8.22. The van der Waals surface area contributed by atoms with E-state index in [1.54, 1.807) is 55.5 Å². The molecular weight excluding hydrogens is 552 g/mol. The highest BCUT2D eigenvalue weighted by Gasteiger charge is 2.48. The van der Waals surface area contributed by atoms with E-state index in [2.05, 4.69) is 4.98 Å². The summed E-state index contributed by atoms with van der Waals surface area (Å²) in [5, 5.41) is 11.7. The molecule has 3 aromatic carbocycles. The molecule has 1 aliphatic rings. The number of rotatable bonds is 9. The van der Waals surface area contributed by atoms with E-state index in [0.717, 1.165) is 22.5 Å². The lowest BCUT2D eigenvalue weighted by molar-refractivity contribution is -0.132. The number of amides is 1. The predicted octanol–water partition coefficient (Wildman–Crippen LogP) is 6.57. The fraction of sp³-hybridized carbons (Fsp3) is 0.212. The molecule has 1 fully saturated rings. The molecule has 0 saturated carbocycles. The average molecular weight is 583 g/mol. The van der Waals surface area contributed by atoms with Gasteiger partial charge in [0.25, 0.3) is 5.78 Å². The summed E-state index contributed by atoms with van der Waals surface area (Å²) >= 11 is 1.04. The highest BCUT2D eigenvalue weighted by atomic mass is 32.1. The Bertz CT molecular complexity index is 1690. The lowest BCUT2D eigenvalue weighted by Crippen LogP contribution is -2.29. The molecule has 0 spiro atoms. The van der Waals surface area contributed by atoms with Gasteiger partial charge in [0.15, 0.2) is 10.9 Å². The number of aromatic nitrogens is 1. The van der Waals surface area contributed by atoms with Crippen LogP contribution >= 0.6 is 11.3 Å². The number of ketones is 2. The topological polar surface area (TPSA) is 106 Å². The summed E-state index contributed by atoms with van der Waals surface area (Å²) < 4.78 is 11.5. The summed E-state index contributed by atoms with van der Waals surface area (Å²) in [6, 6.07) is 20.7. The summed E-state index contributed by atoms with van der Waals surface area (Å²) in [5.74, 6) is -0.965. The molecule has 1 aliphatic heterocycles. The van der Waals surface area contributed by atoms with Crippen LogP contribution in [0, 0.1) is 13.8 Å². The minimum absolute atomic E-state index is 0.0741. The molecule has 42 heavy (non-hydrogen) atoms. The Labute approximate surface area is 247 Å². The largest absolute Gasteiger partial charge is 0.507 e. The van der Waals surface area contributed by atoms with Crippen molar-refractivity contribution in [2.75, 3.05) is 11.5 Å². The Hall–Kier alpha value is -4.76. The highest BCUT2D eigenvalue weighted by Crippen LogP contribution is 2.44. The zero-order chi connectivity index (χ0) is 30.0. The predicted molar refractivity (Wildman–Crippen MR) is 161 cm³/mol. The Balaban J connectivity index is 1.53. The van der Waals surface area contributed by atoms with Gasteiger partial charge in [-0.3, -0.25) is 19.3 Å². The number of anilines is 1. The van der Waals surface area contributed by atoms with Crippen molar-refractivity contribution in [3.05, 3.63) is 111 Å². The van der Waals surface area contributed by atoms with Crippen molar-refractivity contribution in [2.45, 2.75) is 40.3 Å². The quantitative estimate of drug-likeness (QED) is 0.103. The Morgan fingerprint density at radius 3 is 2.21 bits per heavy atom. The van der Waals surface area contributed by atoms with Crippen LogP contribution in [0.25, 0.3) is 5.76 Å². The zero-order valence-corrected chi connectivity index (χ0v) is 24.5. The number of nitrogens with zero attached hydrogens (tertiary/aromatic N) is 2. The molecule has 0 aliphatic carbocycles. The molecule has 1 atom stereocenters. The molecular formula is C33H30N2O6S. The summed E-state index contributed by atoms with van der Waals surface area (Å²) in [7, 11) is 0. The highest BCUT2D eigenvalue weighted by molar-refractivity contribution is 7.18. The SMILES string of the molecule is CCOc1ccc(C2C(=C(O)c3ccc(OCc4ccccc4C)cc3)C(=O)C(=O)N2c2nc(C)c(C(C)=O)s2)cc1. The van der Waals surface area contributed by atoms with Gasteiger partial charge in [-0.1, -0.05) is 47.7 Å². The van der Waals surface area contributed by atoms with E-state index in [4.69, 9.17) is 9.47 Å². The normalized spacial score (nSPS) is 16.1. The van der Waals surface area contributed by atoms with Gasteiger partial charge < -0.3 is 14.6 Å². The van der Waals surface area contributed by atoms with Crippen LogP contribution in [0.4, 0.5) is 5.13 Å². The van der Waals surface area contributed by atoms with Gasteiger partial charge in [-0.25, -0.2) is 4.98 Å². The molecule has 1 N–H and O–H groups in total. The van der Waals surface area contributed by atoms with Crippen LogP contribution in [-0.2, 0) is 16.2 Å². The van der Waals surface area contributed by atoms with E-state index in [-0.39, 0.29) is 22.2 Å². The van der Waals surface area contributed by atoms with Gasteiger partial charge in [0.1, 0.15) is 23.9 Å². The summed E-state index contributed by atoms with van der Waals surface area (Å²) in [5.41, 5.74) is 3.51. The maximum Gasteiger partial charge on any atom is 0.301 e. The van der Waals surface area contributed by atoms with Gasteiger partial charge >= 0.3 is 5.91 Å². The number of hydrogen-bond donors (Lipinski definition) is 1. The van der Waals surface area contributed by atoms with Crippen molar-refractivity contribution >= 4 is 39.7 Å². The number of thiazole rings is 1. The number of ether oxygens (including phenoxy) is 2. The van der Waals surface area contributed by atoms with E-state index < -0.39 is 17.7 Å². The molecule has 9 heteroatoms. The Morgan fingerprint density at radius 1 is 0.952 bits per heavy atom. The first-order chi connectivity index (χ1) is 20.2. The van der Waals surface area contributed by atoms with Gasteiger partial charge in [0.2, 0.25) is 0 Å². The minimum Gasteiger partial charge on any atom is -0.507 e. The lowest BCUT2D eigenvalue weighted by Gasteiger charge is -2.23. The molecule has 1 unspecified atom stereocenters. The standard InChI is InChI=1S/C33H30N2O6S/c1-5-40-25-14-10-22(11-15-25)28-27(30(38)32(39)35(28)33-34-20(3)31(42-33)21(4)36)29(37)23-12-16-26(17-13-23)41-18-24-9-7-6-8-19(24)2/h6-17,28,37H,5,18H2,1-4H3. The van der Waals surface area contributed by atoms with Gasteiger partial charge in [0.05, 0.1) is 28.8 Å². The molecule has 1 saturated heterocycles. The number of aryl methyl sites for hydroxylation is 2. The van der Waals surface area contributed by atoms with Crippen molar-refractivity contribution < 1.29 is 29.0 Å². The zero-order valence-electron chi connectivity index (χ0n) is 23.7. The smallest absolute Gasteiger partial charge is 0.301 e. The van der Waals surface area contributed by atoms with Crippen LogP contribution in [0.1, 0.15) is 57.5 Å². The third-order valence-electron chi connectivity index (χ3n) is 7.05. The van der Waals surface area contributed by atoms with Crippen molar-refractivity contribution in [1.29, 1.82) is 0 Å². The number of aliphatic hydroxyl groups is 1. The number of carbonyl (C=O) groups excluding carboxylic acids is 3. The summed E-state index contributed by atoms with van der Waals surface area (Å²) in [6.45, 7) is 7.87. The van der Waals surface area contributed by atoms with E-state index in [1.165, 1.54) is 11.8 Å². The van der Waals surface area contributed by atoms with E-state index in [1.807, 2.05) is 38.1 Å². The second-order valence-corrected chi connectivity index (χ2v) is 10.9. The van der Waals surface area contributed by atoms with Crippen molar-refractivity contribution in [2.24, 2.45) is 0 Å². The number of aliphatic hydroxyl groups excluding tert-OH is 1. The molecule has 2 heterocycles. The fourth-order valence-electron chi connectivity index (χ4n) is 4.87. The average Bonchev–Trinajstić information content (AvgIpc) is 3.49. The molecule has 4 aromatic rings. The monoisotopic (exact) mass is 582 g/mol. The molecule has 214 valence electrons. The van der Waals surface area contributed by atoms with Gasteiger partial charge in [-0.05, 0) is 73.9 Å². The number of carbonyl (C=O) groups is 3. The minimum atomic E-state index is -0.969. The molecule has 0 bridgehead atoms.